The molecule has 0 radical (unpaired) electrons. The van der Waals surface area contributed by atoms with Gasteiger partial charge in [0.25, 0.3) is 0 Å². The smallest absolute Gasteiger partial charge is 0.200 e. The van der Waals surface area contributed by atoms with Crippen LogP contribution >= 0.6 is 15.9 Å². The minimum absolute atomic E-state index is 0.610. The summed E-state index contributed by atoms with van der Waals surface area (Å²) < 4.78 is 3.20. The number of nitrogens with two attached hydrogens (primary N) is 1. The van der Waals surface area contributed by atoms with Crippen molar-refractivity contribution in [3.63, 3.8) is 0 Å². The number of hydrogen-bond acceptors (Lipinski definition) is 2. The van der Waals surface area contributed by atoms with Crippen LogP contribution in [0.1, 0.15) is 45.4 Å². The maximum Gasteiger partial charge on any atom is 0.200 e. The maximum absolute atomic E-state index is 6.02. The lowest BCUT2D eigenvalue weighted by Crippen LogP contribution is -2.05. The fourth-order valence-electron chi connectivity index (χ4n) is 2.55. The summed E-state index contributed by atoms with van der Waals surface area (Å²) in [6, 6.07) is 8.27. The molecular formula is C17H24BrN3. The van der Waals surface area contributed by atoms with Crippen molar-refractivity contribution >= 4 is 21.9 Å². The Kier molecular flexibility index (Phi) is 6.30. The summed E-state index contributed by atoms with van der Waals surface area (Å²) in [5.41, 5.74) is 8.27. The van der Waals surface area contributed by atoms with Gasteiger partial charge in [0, 0.05) is 16.6 Å². The van der Waals surface area contributed by atoms with Crippen molar-refractivity contribution in [1.82, 2.24) is 9.55 Å². The van der Waals surface area contributed by atoms with Crippen LogP contribution < -0.4 is 5.73 Å². The van der Waals surface area contributed by atoms with Crippen molar-refractivity contribution < 1.29 is 0 Å². The Labute approximate surface area is 135 Å². The summed E-state index contributed by atoms with van der Waals surface area (Å²) in [6.07, 6.45) is 9.58. The van der Waals surface area contributed by atoms with Gasteiger partial charge in [0.05, 0.1) is 11.9 Å². The highest BCUT2D eigenvalue weighted by molar-refractivity contribution is 9.10. The van der Waals surface area contributed by atoms with Crippen LogP contribution in [-0.4, -0.2) is 9.55 Å². The molecule has 0 aliphatic rings. The first-order valence-corrected chi connectivity index (χ1v) is 8.58. The number of rotatable bonds is 8. The Morgan fingerprint density at radius 1 is 1.14 bits per heavy atom. The van der Waals surface area contributed by atoms with Crippen molar-refractivity contribution in [2.45, 2.75) is 52.0 Å². The summed E-state index contributed by atoms with van der Waals surface area (Å²) in [5.74, 6) is 0.610. The Hall–Kier alpha value is -1.29. The number of imidazole rings is 1. The lowest BCUT2D eigenvalue weighted by molar-refractivity contribution is 0.563. The van der Waals surface area contributed by atoms with Gasteiger partial charge in [-0.15, -0.1) is 0 Å². The number of anilines is 1. The highest BCUT2D eigenvalue weighted by Gasteiger charge is 2.09. The highest BCUT2D eigenvalue weighted by atomic mass is 79.9. The van der Waals surface area contributed by atoms with Crippen molar-refractivity contribution in [2.24, 2.45) is 0 Å². The first kappa shape index (κ1) is 16.1. The van der Waals surface area contributed by atoms with Crippen LogP contribution in [0, 0.1) is 0 Å². The molecule has 4 heteroatoms. The van der Waals surface area contributed by atoms with E-state index in [2.05, 4.69) is 44.5 Å². The quantitative estimate of drug-likeness (QED) is 0.661. The third-order valence-corrected chi connectivity index (χ3v) is 4.24. The molecule has 0 aliphatic carbocycles. The summed E-state index contributed by atoms with van der Waals surface area (Å²) in [6.45, 7) is 3.19. The lowest BCUT2D eigenvalue weighted by Gasteiger charge is -2.10. The molecule has 0 spiro atoms. The SMILES string of the molecule is CCCCCCCCn1c(-c2cccc(Br)c2)cnc1N. The maximum atomic E-state index is 6.02. The lowest BCUT2D eigenvalue weighted by atomic mass is 10.1. The van der Waals surface area contributed by atoms with E-state index in [9.17, 15) is 0 Å². The van der Waals surface area contributed by atoms with Crippen LogP contribution in [0.3, 0.4) is 0 Å². The molecule has 21 heavy (non-hydrogen) atoms. The molecule has 1 aromatic carbocycles. The molecule has 0 aliphatic heterocycles. The van der Waals surface area contributed by atoms with Crippen molar-refractivity contribution in [1.29, 1.82) is 0 Å². The second-order valence-electron chi connectivity index (χ2n) is 5.43. The summed E-state index contributed by atoms with van der Waals surface area (Å²) in [7, 11) is 0. The molecule has 0 saturated carbocycles. The van der Waals surface area contributed by atoms with Gasteiger partial charge < -0.3 is 10.3 Å². The van der Waals surface area contributed by atoms with E-state index in [0.717, 1.165) is 28.7 Å². The average molecular weight is 350 g/mol. The Morgan fingerprint density at radius 3 is 2.67 bits per heavy atom. The number of hydrogen-bond donors (Lipinski definition) is 1. The predicted molar refractivity (Wildman–Crippen MR) is 93.2 cm³/mol. The molecular weight excluding hydrogens is 326 g/mol. The zero-order valence-electron chi connectivity index (χ0n) is 12.7. The third kappa shape index (κ3) is 4.60. The van der Waals surface area contributed by atoms with Crippen LogP contribution in [0.25, 0.3) is 11.3 Å². The van der Waals surface area contributed by atoms with Crippen LogP contribution in [0.4, 0.5) is 5.95 Å². The third-order valence-electron chi connectivity index (χ3n) is 3.74. The molecule has 114 valence electrons. The normalized spacial score (nSPS) is 11.0. The van der Waals surface area contributed by atoms with Crippen molar-refractivity contribution in [3.8, 4) is 11.3 Å². The van der Waals surface area contributed by atoms with E-state index in [1.54, 1.807) is 0 Å². The molecule has 2 N–H and O–H groups in total. The van der Waals surface area contributed by atoms with E-state index in [4.69, 9.17) is 5.73 Å². The molecule has 0 saturated heterocycles. The molecule has 1 aromatic heterocycles. The van der Waals surface area contributed by atoms with Gasteiger partial charge in [-0.1, -0.05) is 67.1 Å². The molecule has 1 heterocycles. The van der Waals surface area contributed by atoms with Gasteiger partial charge in [-0.2, -0.15) is 0 Å². The van der Waals surface area contributed by atoms with Gasteiger partial charge in [-0.05, 0) is 18.6 Å². The first-order valence-electron chi connectivity index (χ1n) is 7.79. The molecule has 3 nitrogen and oxygen atoms in total. The second-order valence-corrected chi connectivity index (χ2v) is 6.35. The number of nitrogen functional groups attached to an aromatic ring is 1. The Morgan fingerprint density at radius 2 is 1.90 bits per heavy atom. The first-order chi connectivity index (χ1) is 10.2. The van der Waals surface area contributed by atoms with E-state index in [-0.39, 0.29) is 0 Å². The molecule has 2 aromatic rings. The Balaban J connectivity index is 1.98. The minimum Gasteiger partial charge on any atom is -0.369 e. The summed E-state index contributed by atoms with van der Waals surface area (Å²) in [5, 5.41) is 0. The largest absolute Gasteiger partial charge is 0.369 e. The van der Waals surface area contributed by atoms with Gasteiger partial charge in [0.2, 0.25) is 5.95 Å². The van der Waals surface area contributed by atoms with E-state index in [1.807, 2.05) is 18.3 Å². The number of benzene rings is 1. The zero-order chi connectivity index (χ0) is 15.1. The number of unbranched alkanes of at least 4 members (excludes halogenated alkanes) is 5. The summed E-state index contributed by atoms with van der Waals surface area (Å²) >= 11 is 3.52. The van der Waals surface area contributed by atoms with Gasteiger partial charge >= 0.3 is 0 Å². The van der Waals surface area contributed by atoms with Crippen LogP contribution in [-0.2, 0) is 6.54 Å². The van der Waals surface area contributed by atoms with Crippen LogP contribution in [0.2, 0.25) is 0 Å². The van der Waals surface area contributed by atoms with Crippen molar-refractivity contribution in [3.05, 3.63) is 34.9 Å². The molecule has 0 amide bonds. The van der Waals surface area contributed by atoms with Gasteiger partial charge in [-0.3, -0.25) is 0 Å². The second kappa shape index (κ2) is 8.23. The van der Waals surface area contributed by atoms with E-state index in [1.165, 1.54) is 32.1 Å². The monoisotopic (exact) mass is 349 g/mol. The van der Waals surface area contributed by atoms with Crippen molar-refractivity contribution in [2.75, 3.05) is 5.73 Å². The zero-order valence-corrected chi connectivity index (χ0v) is 14.3. The standard InChI is InChI=1S/C17H24BrN3/c1-2-3-4-5-6-7-11-21-16(13-20-17(21)19)14-9-8-10-15(18)12-14/h8-10,12-13H,2-7,11H2,1H3,(H2,19,20). The number of aromatic nitrogens is 2. The molecule has 0 bridgehead atoms. The topological polar surface area (TPSA) is 43.8 Å². The van der Waals surface area contributed by atoms with E-state index < -0.39 is 0 Å². The molecule has 0 atom stereocenters. The molecule has 0 fully saturated rings. The van der Waals surface area contributed by atoms with Crippen LogP contribution in [0.15, 0.2) is 34.9 Å². The molecule has 0 unspecified atom stereocenters. The van der Waals surface area contributed by atoms with Gasteiger partial charge in [0.1, 0.15) is 0 Å². The van der Waals surface area contributed by atoms with Crippen LogP contribution in [0.5, 0.6) is 0 Å². The van der Waals surface area contributed by atoms with E-state index >= 15 is 0 Å². The average Bonchev–Trinajstić information content (AvgIpc) is 2.84. The predicted octanol–water partition coefficient (Wildman–Crippen LogP) is 5.26. The van der Waals surface area contributed by atoms with E-state index in [0.29, 0.717) is 5.95 Å². The minimum atomic E-state index is 0.610. The summed E-state index contributed by atoms with van der Waals surface area (Å²) in [4.78, 5) is 4.28. The number of nitrogens with zero attached hydrogens (tertiary/aromatic N) is 2. The van der Waals surface area contributed by atoms with Gasteiger partial charge in [-0.25, -0.2) is 4.98 Å². The van der Waals surface area contributed by atoms with Gasteiger partial charge in [0.15, 0.2) is 0 Å². The molecule has 2 rings (SSSR count). The highest BCUT2D eigenvalue weighted by Crippen LogP contribution is 2.25. The number of halogens is 1. The fourth-order valence-corrected chi connectivity index (χ4v) is 2.95. The fraction of sp³-hybridized carbons (Fsp3) is 0.471. The Bertz CT molecular complexity index is 563.